The molecule has 0 radical (unpaired) electrons. The third-order valence-corrected chi connectivity index (χ3v) is 3.99. The van der Waals surface area contributed by atoms with E-state index in [9.17, 15) is 4.79 Å². The number of amides is 1. The van der Waals surface area contributed by atoms with Gasteiger partial charge < -0.3 is 19.5 Å². The maximum atomic E-state index is 12.4. The van der Waals surface area contributed by atoms with E-state index in [1.165, 1.54) is 0 Å². The van der Waals surface area contributed by atoms with E-state index in [4.69, 9.17) is 4.74 Å². The fraction of sp³-hybridized carbons (Fsp3) is 0.714. The lowest BCUT2D eigenvalue weighted by molar-refractivity contribution is 0.0387. The van der Waals surface area contributed by atoms with Gasteiger partial charge in [-0.25, -0.2) is 4.98 Å². The van der Waals surface area contributed by atoms with E-state index in [-0.39, 0.29) is 5.91 Å². The molecular weight excluding hydrogens is 256 g/mol. The van der Waals surface area contributed by atoms with Gasteiger partial charge in [-0.3, -0.25) is 4.79 Å². The number of fused-ring (bicyclic) bond motifs is 1. The van der Waals surface area contributed by atoms with Gasteiger partial charge in [0, 0.05) is 39.5 Å². The summed E-state index contributed by atoms with van der Waals surface area (Å²) in [6.45, 7) is 4.23. The average Bonchev–Trinajstić information content (AvgIpc) is 2.91. The molecule has 0 aromatic carbocycles. The molecule has 1 fully saturated rings. The molecule has 1 aromatic rings. The number of carbonyl (C=O) groups is 1. The maximum Gasteiger partial charge on any atom is 0.273 e. The first-order valence-electron chi connectivity index (χ1n) is 7.38. The zero-order valence-corrected chi connectivity index (χ0v) is 12.0. The van der Waals surface area contributed by atoms with E-state index in [1.54, 1.807) is 4.90 Å². The molecular formula is C14H22N4O2. The lowest BCUT2D eigenvalue weighted by Gasteiger charge is -2.26. The van der Waals surface area contributed by atoms with Gasteiger partial charge in [0.15, 0.2) is 0 Å². The Kier molecular flexibility index (Phi) is 3.91. The number of hydrogen-bond donors (Lipinski definition) is 1. The van der Waals surface area contributed by atoms with Crippen LogP contribution in [0.2, 0.25) is 0 Å². The molecule has 1 unspecified atom stereocenters. The van der Waals surface area contributed by atoms with Crippen LogP contribution in [0.4, 0.5) is 5.95 Å². The van der Waals surface area contributed by atoms with E-state index < -0.39 is 0 Å². The summed E-state index contributed by atoms with van der Waals surface area (Å²) in [5.41, 5.74) is 0.536. The summed E-state index contributed by atoms with van der Waals surface area (Å²) in [6, 6.07) is 0. The molecule has 110 valence electrons. The number of hydrogen-bond acceptors (Lipinski definition) is 4. The minimum Gasteiger partial charge on any atom is -0.381 e. The van der Waals surface area contributed by atoms with Gasteiger partial charge >= 0.3 is 0 Å². The van der Waals surface area contributed by atoms with Gasteiger partial charge in [-0.2, -0.15) is 0 Å². The van der Waals surface area contributed by atoms with Gasteiger partial charge in [-0.1, -0.05) is 0 Å². The van der Waals surface area contributed by atoms with Crippen LogP contribution < -0.4 is 5.32 Å². The monoisotopic (exact) mass is 278 g/mol. The smallest absolute Gasteiger partial charge is 0.273 e. The quantitative estimate of drug-likeness (QED) is 0.902. The number of anilines is 1. The number of ether oxygens (including phenoxy) is 1. The van der Waals surface area contributed by atoms with Crippen molar-refractivity contribution in [3.05, 3.63) is 11.9 Å². The number of rotatable bonds is 3. The van der Waals surface area contributed by atoms with E-state index in [0.29, 0.717) is 11.6 Å². The first kappa shape index (κ1) is 13.4. The zero-order valence-electron chi connectivity index (χ0n) is 12.0. The molecule has 0 saturated carbocycles. The summed E-state index contributed by atoms with van der Waals surface area (Å²) < 4.78 is 7.49. The Morgan fingerprint density at radius 1 is 1.60 bits per heavy atom. The van der Waals surface area contributed by atoms with Crippen LogP contribution in [-0.4, -0.2) is 53.7 Å². The van der Waals surface area contributed by atoms with E-state index in [2.05, 4.69) is 10.3 Å². The van der Waals surface area contributed by atoms with Gasteiger partial charge in [0.1, 0.15) is 5.69 Å². The molecule has 20 heavy (non-hydrogen) atoms. The zero-order chi connectivity index (χ0) is 13.9. The largest absolute Gasteiger partial charge is 0.381 e. The number of aryl methyl sites for hydroxylation is 1. The van der Waals surface area contributed by atoms with Crippen LogP contribution in [0.3, 0.4) is 0 Å². The minimum atomic E-state index is -0.000673. The van der Waals surface area contributed by atoms with Gasteiger partial charge in [0.2, 0.25) is 5.95 Å². The Morgan fingerprint density at radius 2 is 2.50 bits per heavy atom. The lowest BCUT2D eigenvalue weighted by atomic mass is 10.0. The molecule has 0 spiro atoms. The standard InChI is InChI=1S/C14H22N4O2/c1-17(8-11-4-2-7-20-10-11)13(19)12-9-18-6-3-5-15-14(18)16-12/h9,11H,2-8,10H2,1H3,(H,15,16). The second-order valence-electron chi connectivity index (χ2n) is 5.69. The van der Waals surface area contributed by atoms with Crippen LogP contribution in [-0.2, 0) is 11.3 Å². The maximum absolute atomic E-state index is 12.4. The summed E-state index contributed by atoms with van der Waals surface area (Å²) in [6.07, 6.45) is 5.16. The van der Waals surface area contributed by atoms with Crippen molar-refractivity contribution in [1.29, 1.82) is 0 Å². The number of nitrogens with one attached hydrogen (secondary N) is 1. The number of aromatic nitrogens is 2. The summed E-state index contributed by atoms with van der Waals surface area (Å²) in [7, 11) is 1.85. The topological polar surface area (TPSA) is 59.4 Å². The van der Waals surface area contributed by atoms with Crippen molar-refractivity contribution in [1.82, 2.24) is 14.5 Å². The first-order chi connectivity index (χ1) is 9.74. The Hall–Kier alpha value is -1.56. The highest BCUT2D eigenvalue weighted by atomic mass is 16.5. The Balaban J connectivity index is 1.63. The van der Waals surface area contributed by atoms with Crippen molar-refractivity contribution in [3.8, 4) is 0 Å². The molecule has 6 heteroatoms. The first-order valence-corrected chi connectivity index (χ1v) is 7.38. The van der Waals surface area contributed by atoms with Crippen LogP contribution in [0.5, 0.6) is 0 Å². The molecule has 2 aliphatic heterocycles. The molecule has 1 amide bonds. The fourth-order valence-corrected chi connectivity index (χ4v) is 2.90. The highest BCUT2D eigenvalue weighted by molar-refractivity contribution is 5.92. The van der Waals surface area contributed by atoms with Crippen LogP contribution >= 0.6 is 0 Å². The Labute approximate surface area is 119 Å². The molecule has 0 bridgehead atoms. The SMILES string of the molecule is CN(CC1CCCOC1)C(=O)c1cn2c(n1)NCCC2. The minimum absolute atomic E-state index is 0.000673. The van der Waals surface area contributed by atoms with Crippen molar-refractivity contribution in [2.75, 3.05) is 38.7 Å². The Morgan fingerprint density at radius 3 is 3.25 bits per heavy atom. The number of imidazole rings is 1. The van der Waals surface area contributed by atoms with E-state index in [0.717, 1.165) is 58.1 Å². The summed E-state index contributed by atoms with van der Waals surface area (Å²) in [5.74, 6) is 1.27. The highest BCUT2D eigenvalue weighted by Crippen LogP contribution is 2.18. The summed E-state index contributed by atoms with van der Waals surface area (Å²) in [5, 5.41) is 3.22. The summed E-state index contributed by atoms with van der Waals surface area (Å²) >= 11 is 0. The van der Waals surface area contributed by atoms with Gasteiger partial charge in [-0.05, 0) is 25.2 Å². The average molecular weight is 278 g/mol. The van der Waals surface area contributed by atoms with Crippen LogP contribution in [0.15, 0.2) is 6.20 Å². The fourth-order valence-electron chi connectivity index (χ4n) is 2.90. The van der Waals surface area contributed by atoms with Crippen LogP contribution in [0, 0.1) is 5.92 Å². The van der Waals surface area contributed by atoms with Crippen LogP contribution in [0.1, 0.15) is 29.8 Å². The molecule has 6 nitrogen and oxygen atoms in total. The van der Waals surface area contributed by atoms with Crippen LogP contribution in [0.25, 0.3) is 0 Å². The molecule has 1 N–H and O–H groups in total. The predicted octanol–water partition coefficient (Wildman–Crippen LogP) is 1.20. The van der Waals surface area contributed by atoms with E-state index >= 15 is 0 Å². The predicted molar refractivity (Wildman–Crippen MR) is 75.8 cm³/mol. The highest BCUT2D eigenvalue weighted by Gasteiger charge is 2.22. The summed E-state index contributed by atoms with van der Waals surface area (Å²) in [4.78, 5) is 18.6. The van der Waals surface area contributed by atoms with Crippen molar-refractivity contribution < 1.29 is 9.53 Å². The van der Waals surface area contributed by atoms with E-state index in [1.807, 2.05) is 17.8 Å². The van der Waals surface area contributed by atoms with Gasteiger partial charge in [-0.15, -0.1) is 0 Å². The molecule has 1 atom stereocenters. The van der Waals surface area contributed by atoms with Crippen molar-refractivity contribution >= 4 is 11.9 Å². The van der Waals surface area contributed by atoms with Crippen molar-refractivity contribution in [3.63, 3.8) is 0 Å². The Bertz CT molecular complexity index is 456. The third-order valence-electron chi connectivity index (χ3n) is 3.99. The molecule has 0 aliphatic carbocycles. The molecule has 1 aromatic heterocycles. The third kappa shape index (κ3) is 2.80. The molecule has 3 rings (SSSR count). The number of nitrogens with zero attached hydrogens (tertiary/aromatic N) is 3. The lowest BCUT2D eigenvalue weighted by Crippen LogP contribution is -2.35. The normalized spacial score (nSPS) is 21.9. The van der Waals surface area contributed by atoms with Crippen molar-refractivity contribution in [2.45, 2.75) is 25.8 Å². The van der Waals surface area contributed by atoms with Crippen molar-refractivity contribution in [2.24, 2.45) is 5.92 Å². The second kappa shape index (κ2) is 5.83. The number of carbonyl (C=O) groups excluding carboxylic acids is 1. The second-order valence-corrected chi connectivity index (χ2v) is 5.69. The van der Waals surface area contributed by atoms with Gasteiger partial charge in [0.25, 0.3) is 5.91 Å². The molecule has 2 aliphatic rings. The molecule has 3 heterocycles. The molecule has 1 saturated heterocycles. The van der Waals surface area contributed by atoms with Gasteiger partial charge in [0.05, 0.1) is 6.61 Å².